The molecule has 4 aromatic rings. The summed E-state index contributed by atoms with van der Waals surface area (Å²) >= 11 is 0. The number of fused-ring (bicyclic) bond motifs is 1. The Balaban J connectivity index is 1.72. The third-order valence-electron chi connectivity index (χ3n) is 6.86. The molecule has 38 heavy (non-hydrogen) atoms. The Morgan fingerprint density at radius 2 is 1.79 bits per heavy atom. The van der Waals surface area contributed by atoms with Crippen LogP contribution in [0, 0.1) is 6.92 Å². The molecule has 0 bridgehead atoms. The van der Waals surface area contributed by atoms with E-state index in [9.17, 15) is 14.7 Å². The number of rotatable bonds is 10. The van der Waals surface area contributed by atoms with Gasteiger partial charge in [0.2, 0.25) is 11.8 Å². The topological polar surface area (TPSA) is 100 Å². The second kappa shape index (κ2) is 11.5. The van der Waals surface area contributed by atoms with Gasteiger partial charge in [-0.2, -0.15) is 0 Å². The average Bonchev–Trinajstić information content (AvgIpc) is 3.29. The zero-order valence-electron chi connectivity index (χ0n) is 22.4. The molecule has 1 atom stereocenters. The van der Waals surface area contributed by atoms with Crippen molar-refractivity contribution in [1.82, 2.24) is 25.2 Å². The number of phenols is 1. The summed E-state index contributed by atoms with van der Waals surface area (Å²) in [5.74, 6) is -0.437. The number of hydrogen-bond donors (Lipinski definition) is 2. The molecule has 0 unspecified atom stereocenters. The zero-order valence-corrected chi connectivity index (χ0v) is 22.4. The first-order valence-corrected chi connectivity index (χ1v) is 12.9. The molecule has 2 amide bonds. The van der Waals surface area contributed by atoms with Crippen molar-refractivity contribution in [3.63, 3.8) is 0 Å². The molecule has 0 fully saturated rings. The zero-order chi connectivity index (χ0) is 27.3. The van der Waals surface area contributed by atoms with Crippen LogP contribution in [0.5, 0.6) is 5.75 Å². The first-order valence-electron chi connectivity index (χ1n) is 12.9. The maximum absolute atomic E-state index is 14.0. The minimum atomic E-state index is -0.895. The van der Waals surface area contributed by atoms with Crippen molar-refractivity contribution in [2.45, 2.75) is 58.7 Å². The van der Waals surface area contributed by atoms with Gasteiger partial charge in [-0.15, -0.1) is 5.10 Å². The number of phenolic OH excluding ortho intramolecular Hbond substituents is 1. The number of carbonyl (C=O) groups excluding carboxylic acids is 2. The van der Waals surface area contributed by atoms with E-state index in [4.69, 9.17) is 0 Å². The fourth-order valence-electron chi connectivity index (χ4n) is 4.39. The summed E-state index contributed by atoms with van der Waals surface area (Å²) < 4.78 is 1.57. The molecule has 1 aromatic heterocycles. The molecule has 0 radical (unpaired) electrons. The smallest absolute Gasteiger partial charge is 0.247 e. The van der Waals surface area contributed by atoms with Crippen molar-refractivity contribution in [1.29, 1.82) is 0 Å². The number of nitrogens with one attached hydrogen (secondary N) is 1. The predicted molar refractivity (Wildman–Crippen MR) is 147 cm³/mol. The Bertz CT molecular complexity index is 1410. The van der Waals surface area contributed by atoms with Crippen LogP contribution in [-0.2, 0) is 22.6 Å². The Labute approximate surface area is 223 Å². The van der Waals surface area contributed by atoms with Crippen LogP contribution in [0.3, 0.4) is 0 Å². The lowest BCUT2D eigenvalue weighted by atomic mass is 9.98. The normalized spacial score (nSPS) is 12.3. The fourth-order valence-corrected chi connectivity index (χ4v) is 4.39. The summed E-state index contributed by atoms with van der Waals surface area (Å²) in [5.41, 5.74) is 3.81. The number of nitrogens with zero attached hydrogens (tertiary/aromatic N) is 4. The summed E-state index contributed by atoms with van der Waals surface area (Å²) in [5, 5.41) is 21.4. The first-order chi connectivity index (χ1) is 18.2. The Morgan fingerprint density at radius 3 is 2.50 bits per heavy atom. The van der Waals surface area contributed by atoms with Crippen molar-refractivity contribution >= 4 is 22.8 Å². The van der Waals surface area contributed by atoms with Crippen LogP contribution < -0.4 is 5.32 Å². The second-order valence-electron chi connectivity index (χ2n) is 10.3. The Hall–Kier alpha value is -4.20. The molecule has 0 aliphatic heterocycles. The molecule has 0 spiro atoms. The maximum Gasteiger partial charge on any atom is 0.247 e. The van der Waals surface area contributed by atoms with Crippen molar-refractivity contribution < 1.29 is 14.7 Å². The summed E-state index contributed by atoms with van der Waals surface area (Å²) in [4.78, 5) is 29.4. The number of carbonyl (C=O) groups is 2. The number of amides is 2. The number of benzene rings is 3. The van der Waals surface area contributed by atoms with E-state index >= 15 is 0 Å². The molecule has 2 N–H and O–H groups in total. The van der Waals surface area contributed by atoms with E-state index in [0.717, 1.165) is 23.1 Å². The number of aryl methyl sites for hydroxylation is 1. The molecule has 8 heteroatoms. The number of aromatic nitrogens is 3. The highest BCUT2D eigenvalue weighted by Crippen LogP contribution is 2.26. The van der Waals surface area contributed by atoms with E-state index in [1.807, 2.05) is 70.2 Å². The van der Waals surface area contributed by atoms with Gasteiger partial charge in [-0.05, 0) is 69.0 Å². The fraction of sp³-hybridized carbons (Fsp3) is 0.333. The average molecular weight is 514 g/mol. The van der Waals surface area contributed by atoms with E-state index in [1.54, 1.807) is 21.7 Å². The summed E-state index contributed by atoms with van der Waals surface area (Å²) in [6.07, 6.45) is 1.30. The van der Waals surface area contributed by atoms with E-state index in [1.165, 1.54) is 12.1 Å². The van der Waals surface area contributed by atoms with Gasteiger partial charge in [-0.25, -0.2) is 4.68 Å². The van der Waals surface area contributed by atoms with Crippen LogP contribution in [0.25, 0.3) is 11.0 Å². The Kier molecular flexibility index (Phi) is 8.10. The Morgan fingerprint density at radius 1 is 1.05 bits per heavy atom. The molecule has 8 nitrogen and oxygen atoms in total. The van der Waals surface area contributed by atoms with Gasteiger partial charge in [0, 0.05) is 12.1 Å². The molecule has 0 aliphatic rings. The number of aromatic hydroxyl groups is 1. The van der Waals surface area contributed by atoms with Crippen molar-refractivity contribution in [2.75, 3.05) is 6.54 Å². The SMILES string of the molecule is CCC(C)(C)NC(=O)[C@@H](c1ccc(O)cc1)N(CCc1cccc(C)c1)C(=O)Cn1nnc2ccccc21. The molecule has 1 heterocycles. The van der Waals surface area contributed by atoms with Crippen molar-refractivity contribution in [2.24, 2.45) is 0 Å². The lowest BCUT2D eigenvalue weighted by Gasteiger charge is -2.34. The first kappa shape index (κ1) is 26.9. The van der Waals surface area contributed by atoms with Crippen LogP contribution >= 0.6 is 0 Å². The molecule has 0 saturated carbocycles. The van der Waals surface area contributed by atoms with E-state index in [0.29, 0.717) is 24.0 Å². The minimum absolute atomic E-state index is 0.0621. The van der Waals surface area contributed by atoms with Crippen LogP contribution in [-0.4, -0.2) is 48.9 Å². The van der Waals surface area contributed by atoms with Gasteiger partial charge in [0.25, 0.3) is 0 Å². The monoisotopic (exact) mass is 513 g/mol. The van der Waals surface area contributed by atoms with Crippen LogP contribution in [0.2, 0.25) is 0 Å². The molecule has 3 aromatic carbocycles. The largest absolute Gasteiger partial charge is 0.508 e. The summed E-state index contributed by atoms with van der Waals surface area (Å²) in [6, 6.07) is 21.2. The van der Waals surface area contributed by atoms with E-state index < -0.39 is 11.6 Å². The summed E-state index contributed by atoms with van der Waals surface area (Å²) in [7, 11) is 0. The quantitative estimate of drug-likeness (QED) is 0.324. The molecule has 0 saturated heterocycles. The van der Waals surface area contributed by atoms with Gasteiger partial charge in [-0.1, -0.05) is 66.2 Å². The molecule has 198 valence electrons. The van der Waals surface area contributed by atoms with Gasteiger partial charge >= 0.3 is 0 Å². The van der Waals surface area contributed by atoms with E-state index in [2.05, 4.69) is 21.7 Å². The van der Waals surface area contributed by atoms with Crippen LogP contribution in [0.4, 0.5) is 0 Å². The maximum atomic E-state index is 14.0. The molecule has 4 rings (SSSR count). The van der Waals surface area contributed by atoms with Crippen molar-refractivity contribution in [3.05, 3.63) is 89.5 Å². The van der Waals surface area contributed by atoms with E-state index in [-0.39, 0.29) is 24.1 Å². The van der Waals surface area contributed by atoms with Gasteiger partial charge in [0.15, 0.2) is 0 Å². The highest BCUT2D eigenvalue weighted by atomic mass is 16.3. The molecular weight excluding hydrogens is 478 g/mol. The minimum Gasteiger partial charge on any atom is -0.508 e. The highest BCUT2D eigenvalue weighted by molar-refractivity contribution is 5.89. The summed E-state index contributed by atoms with van der Waals surface area (Å²) in [6.45, 7) is 8.21. The van der Waals surface area contributed by atoms with Gasteiger partial charge < -0.3 is 15.3 Å². The van der Waals surface area contributed by atoms with Crippen LogP contribution in [0.1, 0.15) is 49.9 Å². The van der Waals surface area contributed by atoms with Gasteiger partial charge in [0.05, 0.1) is 5.52 Å². The number of para-hydroxylation sites is 1. The van der Waals surface area contributed by atoms with Crippen LogP contribution in [0.15, 0.2) is 72.8 Å². The molecule has 0 aliphatic carbocycles. The lowest BCUT2D eigenvalue weighted by molar-refractivity contribution is -0.142. The highest BCUT2D eigenvalue weighted by Gasteiger charge is 2.34. The number of hydrogen-bond acceptors (Lipinski definition) is 5. The van der Waals surface area contributed by atoms with Crippen molar-refractivity contribution in [3.8, 4) is 5.75 Å². The molecular formula is C30H35N5O3. The van der Waals surface area contributed by atoms with Gasteiger partial charge in [-0.3, -0.25) is 9.59 Å². The standard InChI is InChI=1S/C30H35N5O3/c1-5-30(3,4)31-29(38)28(23-13-15-24(36)16-14-23)34(18-17-22-10-8-9-21(2)19-22)27(37)20-35-26-12-7-6-11-25(26)32-33-35/h6-16,19,28,36H,5,17-18,20H2,1-4H3,(H,31,38)/t28-/m1/s1. The predicted octanol–water partition coefficient (Wildman–Crippen LogP) is 4.56. The lowest BCUT2D eigenvalue weighted by Crippen LogP contribution is -2.51. The van der Waals surface area contributed by atoms with Gasteiger partial charge in [0.1, 0.15) is 23.9 Å². The third kappa shape index (κ3) is 6.37. The second-order valence-corrected chi connectivity index (χ2v) is 10.3. The third-order valence-corrected chi connectivity index (χ3v) is 6.86.